The number of carbonyl (C=O) groups is 1. The van der Waals surface area contributed by atoms with E-state index in [0.717, 1.165) is 25.4 Å². The Kier molecular flexibility index (Phi) is 6.71. The number of carbonyl (C=O) groups excluding carboxylic acids is 1. The average molecular weight is 329 g/mol. The van der Waals surface area contributed by atoms with Gasteiger partial charge < -0.3 is 5.32 Å². The van der Waals surface area contributed by atoms with Crippen LogP contribution in [0.5, 0.6) is 0 Å². The van der Waals surface area contributed by atoms with Crippen molar-refractivity contribution in [2.24, 2.45) is 0 Å². The Hall–Kier alpha value is -1.35. The van der Waals surface area contributed by atoms with Crippen LogP contribution in [0.4, 0.5) is 0 Å². The van der Waals surface area contributed by atoms with Gasteiger partial charge in [-0.25, -0.2) is 0 Å². The third kappa shape index (κ3) is 5.34. The van der Waals surface area contributed by atoms with E-state index in [4.69, 9.17) is 0 Å². The number of benzene rings is 1. The molecule has 3 heteroatoms. The number of piperidine rings is 1. The summed E-state index contributed by atoms with van der Waals surface area (Å²) >= 11 is 0. The van der Waals surface area contributed by atoms with Gasteiger partial charge in [-0.2, -0.15) is 0 Å². The lowest BCUT2D eigenvalue weighted by atomic mass is 9.99. The highest BCUT2D eigenvalue weighted by atomic mass is 16.1. The highest BCUT2D eigenvalue weighted by Gasteiger charge is 2.27. The lowest BCUT2D eigenvalue weighted by Crippen LogP contribution is -2.50. The third-order valence-electron chi connectivity index (χ3n) is 5.64. The Morgan fingerprint density at radius 1 is 1.00 bits per heavy atom. The molecule has 0 spiro atoms. The zero-order chi connectivity index (χ0) is 16.6. The van der Waals surface area contributed by atoms with Gasteiger partial charge in [-0.05, 0) is 44.2 Å². The van der Waals surface area contributed by atoms with Crippen molar-refractivity contribution in [3.63, 3.8) is 0 Å². The number of amides is 1. The summed E-state index contributed by atoms with van der Waals surface area (Å²) < 4.78 is 0. The van der Waals surface area contributed by atoms with Crippen LogP contribution in [-0.2, 0) is 11.2 Å². The van der Waals surface area contributed by atoms with Gasteiger partial charge in [-0.3, -0.25) is 9.69 Å². The second-order valence-corrected chi connectivity index (χ2v) is 7.53. The minimum atomic E-state index is 0.214. The summed E-state index contributed by atoms with van der Waals surface area (Å²) in [6.45, 7) is 2.28. The summed E-state index contributed by atoms with van der Waals surface area (Å²) in [5, 5.41) is 3.29. The fourth-order valence-electron chi connectivity index (χ4n) is 4.28. The summed E-state index contributed by atoms with van der Waals surface area (Å²) in [6.07, 6.45) is 12.1. The highest BCUT2D eigenvalue weighted by molar-refractivity contribution is 5.76. The van der Waals surface area contributed by atoms with Gasteiger partial charge in [0.1, 0.15) is 0 Å². The molecule has 3 rings (SSSR count). The molecular formula is C21H32N2O. The van der Waals surface area contributed by atoms with E-state index in [2.05, 4.69) is 22.3 Å². The van der Waals surface area contributed by atoms with Crippen molar-refractivity contribution >= 4 is 5.91 Å². The summed E-state index contributed by atoms with van der Waals surface area (Å²) in [5.74, 6) is 0.214. The van der Waals surface area contributed by atoms with Crippen molar-refractivity contribution in [2.75, 3.05) is 13.1 Å². The fraction of sp³-hybridized carbons (Fsp3) is 0.667. The van der Waals surface area contributed by atoms with E-state index in [1.54, 1.807) is 0 Å². The molecule has 2 aliphatic rings. The minimum Gasteiger partial charge on any atom is -0.352 e. The molecule has 2 fully saturated rings. The van der Waals surface area contributed by atoms with Crippen LogP contribution < -0.4 is 5.32 Å². The van der Waals surface area contributed by atoms with Crippen LogP contribution >= 0.6 is 0 Å². The minimum absolute atomic E-state index is 0.214. The van der Waals surface area contributed by atoms with Gasteiger partial charge in [0.2, 0.25) is 5.91 Å². The molecule has 24 heavy (non-hydrogen) atoms. The Balaban J connectivity index is 1.43. The van der Waals surface area contributed by atoms with Crippen molar-refractivity contribution in [3.05, 3.63) is 35.9 Å². The molecule has 1 aromatic rings. The van der Waals surface area contributed by atoms with E-state index >= 15 is 0 Å². The van der Waals surface area contributed by atoms with Gasteiger partial charge in [-0.15, -0.1) is 0 Å². The molecule has 3 nitrogen and oxygen atoms in total. The third-order valence-corrected chi connectivity index (χ3v) is 5.64. The maximum absolute atomic E-state index is 12.3. The number of hydrogen-bond donors (Lipinski definition) is 1. The van der Waals surface area contributed by atoms with Crippen LogP contribution in [0.1, 0.15) is 63.4 Å². The smallest absolute Gasteiger partial charge is 0.220 e. The second kappa shape index (κ2) is 9.22. The van der Waals surface area contributed by atoms with E-state index in [1.165, 1.54) is 57.1 Å². The standard InChI is InChI=1S/C21H32N2O/c24-21(15-14-18-9-4-3-5-10-18)22-19-11-8-16-23(17-19)20-12-6-1-2-7-13-20/h3-5,9-10,19-20H,1-2,6-8,11-17H2,(H,22,24). The Morgan fingerprint density at radius 3 is 2.50 bits per heavy atom. The van der Waals surface area contributed by atoms with E-state index in [1.807, 2.05) is 18.2 Å². The average Bonchev–Trinajstić information content (AvgIpc) is 2.91. The SMILES string of the molecule is O=C(CCc1ccccc1)NC1CCCN(C2CCCCCC2)C1. The molecule has 1 N–H and O–H groups in total. The van der Waals surface area contributed by atoms with Crippen molar-refractivity contribution in [3.8, 4) is 0 Å². The molecule has 1 unspecified atom stereocenters. The molecular weight excluding hydrogens is 296 g/mol. The summed E-state index contributed by atoms with van der Waals surface area (Å²) in [5.41, 5.74) is 1.25. The van der Waals surface area contributed by atoms with Crippen molar-refractivity contribution < 1.29 is 4.79 Å². The number of rotatable bonds is 5. The van der Waals surface area contributed by atoms with Crippen LogP contribution in [0.25, 0.3) is 0 Å². The number of nitrogens with zero attached hydrogens (tertiary/aromatic N) is 1. The number of likely N-dealkylation sites (tertiary alicyclic amines) is 1. The lowest BCUT2D eigenvalue weighted by molar-refractivity contribution is -0.122. The van der Waals surface area contributed by atoms with Gasteiger partial charge in [0.15, 0.2) is 0 Å². The molecule has 1 atom stereocenters. The zero-order valence-electron chi connectivity index (χ0n) is 14.9. The number of hydrogen-bond acceptors (Lipinski definition) is 2. The molecule has 1 saturated carbocycles. The second-order valence-electron chi connectivity index (χ2n) is 7.53. The lowest BCUT2D eigenvalue weighted by Gasteiger charge is -2.38. The topological polar surface area (TPSA) is 32.3 Å². The molecule has 0 radical (unpaired) electrons. The molecule has 1 amide bonds. The Bertz CT molecular complexity index is 494. The largest absolute Gasteiger partial charge is 0.352 e. The predicted molar refractivity (Wildman–Crippen MR) is 99.0 cm³/mol. The van der Waals surface area contributed by atoms with Crippen LogP contribution in [0, 0.1) is 0 Å². The maximum atomic E-state index is 12.3. The van der Waals surface area contributed by atoms with Crippen LogP contribution in [0.3, 0.4) is 0 Å². The Morgan fingerprint density at radius 2 is 1.75 bits per heavy atom. The first-order chi connectivity index (χ1) is 11.8. The van der Waals surface area contributed by atoms with Gasteiger partial charge in [0, 0.05) is 25.0 Å². The Labute approximate surface area is 146 Å². The molecule has 1 aliphatic carbocycles. The molecule has 0 aromatic heterocycles. The first kappa shape index (κ1) is 17.5. The van der Waals surface area contributed by atoms with Crippen molar-refractivity contribution in [1.82, 2.24) is 10.2 Å². The normalized spacial score (nSPS) is 23.6. The first-order valence-corrected chi connectivity index (χ1v) is 9.88. The molecule has 1 aliphatic heterocycles. The van der Waals surface area contributed by atoms with Crippen molar-refractivity contribution in [1.29, 1.82) is 0 Å². The summed E-state index contributed by atoms with van der Waals surface area (Å²) in [6, 6.07) is 11.4. The quantitative estimate of drug-likeness (QED) is 0.831. The number of aryl methyl sites for hydroxylation is 1. The summed E-state index contributed by atoms with van der Waals surface area (Å²) in [4.78, 5) is 15.0. The summed E-state index contributed by atoms with van der Waals surface area (Å²) in [7, 11) is 0. The zero-order valence-corrected chi connectivity index (χ0v) is 14.9. The first-order valence-electron chi connectivity index (χ1n) is 9.88. The van der Waals surface area contributed by atoms with Crippen LogP contribution in [0.2, 0.25) is 0 Å². The molecule has 1 saturated heterocycles. The van der Waals surface area contributed by atoms with Crippen LogP contribution in [-0.4, -0.2) is 36.0 Å². The van der Waals surface area contributed by atoms with Crippen molar-refractivity contribution in [2.45, 2.75) is 76.3 Å². The van der Waals surface area contributed by atoms with Gasteiger partial charge >= 0.3 is 0 Å². The van der Waals surface area contributed by atoms with Gasteiger partial charge in [0.25, 0.3) is 0 Å². The van der Waals surface area contributed by atoms with Gasteiger partial charge in [0.05, 0.1) is 0 Å². The predicted octanol–water partition coefficient (Wildman–Crippen LogP) is 3.92. The molecule has 1 aromatic carbocycles. The highest BCUT2D eigenvalue weighted by Crippen LogP contribution is 2.24. The number of nitrogens with one attached hydrogen (secondary N) is 1. The van der Waals surface area contributed by atoms with E-state index < -0.39 is 0 Å². The van der Waals surface area contributed by atoms with E-state index in [-0.39, 0.29) is 5.91 Å². The monoisotopic (exact) mass is 328 g/mol. The molecule has 1 heterocycles. The fourth-order valence-corrected chi connectivity index (χ4v) is 4.28. The maximum Gasteiger partial charge on any atom is 0.220 e. The van der Waals surface area contributed by atoms with E-state index in [9.17, 15) is 4.79 Å². The van der Waals surface area contributed by atoms with E-state index in [0.29, 0.717) is 12.5 Å². The molecule has 132 valence electrons. The van der Waals surface area contributed by atoms with Gasteiger partial charge in [-0.1, -0.05) is 56.0 Å². The van der Waals surface area contributed by atoms with Crippen LogP contribution in [0.15, 0.2) is 30.3 Å². The molecule has 0 bridgehead atoms.